The van der Waals surface area contributed by atoms with Gasteiger partial charge in [-0.15, -0.1) is 0 Å². The highest BCUT2D eigenvalue weighted by Gasteiger charge is 2.07. The maximum atomic E-state index is 10.7. The van der Waals surface area contributed by atoms with Gasteiger partial charge in [0.25, 0.3) is 5.69 Å². The summed E-state index contributed by atoms with van der Waals surface area (Å²) in [5.41, 5.74) is 0.659. The summed E-state index contributed by atoms with van der Waals surface area (Å²) >= 11 is 7.07. The van der Waals surface area contributed by atoms with E-state index in [4.69, 9.17) is 11.6 Å². The number of hydrogen-bond donors (Lipinski definition) is 0. The minimum Gasteiger partial charge on any atom is -0.288 e. The Bertz CT molecular complexity index is 474. The van der Waals surface area contributed by atoms with Crippen LogP contribution in [0.15, 0.2) is 24.3 Å². The minimum atomic E-state index is -0.495. The van der Waals surface area contributed by atoms with Gasteiger partial charge in [-0.05, 0) is 11.6 Å². The molecule has 1 rings (SSSR count). The van der Waals surface area contributed by atoms with E-state index in [2.05, 4.69) is 0 Å². The molecule has 4 nitrogen and oxygen atoms in total. The highest BCUT2D eigenvalue weighted by Crippen LogP contribution is 2.23. The number of benzene rings is 1. The number of nitrogens with zero attached hydrogens (tertiary/aromatic N) is 1. The van der Waals surface area contributed by atoms with Crippen LogP contribution in [0.25, 0.3) is 6.08 Å². The zero-order chi connectivity index (χ0) is 12.8. The van der Waals surface area contributed by atoms with Crippen LogP contribution in [-0.4, -0.2) is 15.8 Å². The van der Waals surface area contributed by atoms with E-state index in [1.165, 1.54) is 30.8 Å². The van der Waals surface area contributed by atoms with E-state index in [0.29, 0.717) is 16.3 Å². The third kappa shape index (κ3) is 4.58. The number of hydrogen-bond acceptors (Lipinski definition) is 4. The van der Waals surface area contributed by atoms with E-state index in [1.54, 1.807) is 18.2 Å². The van der Waals surface area contributed by atoms with Crippen LogP contribution in [-0.2, 0) is 4.79 Å². The molecule has 0 atom stereocenters. The van der Waals surface area contributed by atoms with E-state index >= 15 is 0 Å². The molecule has 0 saturated carbocycles. The molecule has 17 heavy (non-hydrogen) atoms. The Morgan fingerprint density at radius 2 is 2.29 bits per heavy atom. The normalized spacial score (nSPS) is 10.7. The number of nitro groups is 1. The summed E-state index contributed by atoms with van der Waals surface area (Å²) in [6.07, 6.45) is 3.53. The third-order valence-electron chi connectivity index (χ3n) is 1.88. The predicted molar refractivity (Wildman–Crippen MR) is 70.3 cm³/mol. The number of carbonyl (C=O) groups excluding carboxylic acids is 1. The van der Waals surface area contributed by atoms with Gasteiger partial charge >= 0.3 is 0 Å². The van der Waals surface area contributed by atoms with Crippen molar-refractivity contribution in [3.05, 3.63) is 45.0 Å². The molecule has 0 spiro atoms. The summed E-state index contributed by atoms with van der Waals surface area (Å²) in [6, 6.07) is 4.28. The average molecular weight is 272 g/mol. The standard InChI is InChI=1S/C11H10ClNO3S/c1-8(14)17-6-2-3-9-4-5-10(13(15)16)7-11(9)12/h2-5,7H,6H2,1H3. The van der Waals surface area contributed by atoms with Gasteiger partial charge in [0.15, 0.2) is 5.12 Å². The Labute approximate surface area is 108 Å². The van der Waals surface area contributed by atoms with Crippen molar-refractivity contribution in [1.82, 2.24) is 0 Å². The van der Waals surface area contributed by atoms with Gasteiger partial charge in [0.1, 0.15) is 0 Å². The Morgan fingerprint density at radius 3 is 2.82 bits per heavy atom. The Kier molecular flexibility index (Phi) is 5.18. The Balaban J connectivity index is 2.72. The fourth-order valence-electron chi connectivity index (χ4n) is 1.11. The maximum absolute atomic E-state index is 10.7. The molecule has 0 saturated heterocycles. The summed E-state index contributed by atoms with van der Waals surface area (Å²) in [5, 5.41) is 10.9. The van der Waals surface area contributed by atoms with Crippen molar-refractivity contribution in [2.24, 2.45) is 0 Å². The van der Waals surface area contributed by atoms with Crippen LogP contribution in [0.5, 0.6) is 0 Å². The van der Waals surface area contributed by atoms with Crippen LogP contribution in [0.3, 0.4) is 0 Å². The zero-order valence-corrected chi connectivity index (χ0v) is 10.6. The molecule has 0 aliphatic rings. The van der Waals surface area contributed by atoms with Crippen molar-refractivity contribution in [2.75, 3.05) is 5.75 Å². The lowest BCUT2D eigenvalue weighted by molar-refractivity contribution is -0.384. The van der Waals surface area contributed by atoms with Crippen molar-refractivity contribution in [3.63, 3.8) is 0 Å². The van der Waals surface area contributed by atoms with Crippen molar-refractivity contribution in [3.8, 4) is 0 Å². The maximum Gasteiger partial charge on any atom is 0.270 e. The first kappa shape index (κ1) is 13.7. The molecule has 0 aliphatic carbocycles. The number of rotatable bonds is 4. The smallest absolute Gasteiger partial charge is 0.270 e. The van der Waals surface area contributed by atoms with Crippen LogP contribution < -0.4 is 0 Å². The van der Waals surface area contributed by atoms with Gasteiger partial charge in [-0.2, -0.15) is 0 Å². The molecule has 0 heterocycles. The van der Waals surface area contributed by atoms with Crippen LogP contribution in [0, 0.1) is 10.1 Å². The van der Waals surface area contributed by atoms with Gasteiger partial charge in [-0.25, -0.2) is 0 Å². The first-order valence-electron chi connectivity index (χ1n) is 4.74. The Hall–Kier alpha value is -1.33. The molecule has 0 fully saturated rings. The first-order valence-corrected chi connectivity index (χ1v) is 6.11. The van der Waals surface area contributed by atoms with Crippen molar-refractivity contribution in [2.45, 2.75) is 6.92 Å². The van der Waals surface area contributed by atoms with Crippen molar-refractivity contribution >= 4 is 40.2 Å². The number of non-ortho nitro benzene ring substituents is 1. The SMILES string of the molecule is CC(=O)SCC=Cc1ccc([N+](=O)[O-])cc1Cl. The average Bonchev–Trinajstić information content (AvgIpc) is 2.25. The molecule has 0 amide bonds. The van der Waals surface area contributed by atoms with Crippen LogP contribution in [0.1, 0.15) is 12.5 Å². The molecule has 0 unspecified atom stereocenters. The molecule has 0 bridgehead atoms. The van der Waals surface area contributed by atoms with Gasteiger partial charge < -0.3 is 0 Å². The molecule has 0 aromatic heterocycles. The van der Waals surface area contributed by atoms with Crippen molar-refractivity contribution in [1.29, 1.82) is 0 Å². The molecule has 6 heteroatoms. The summed E-state index contributed by atoms with van der Waals surface area (Å²) in [4.78, 5) is 20.7. The third-order valence-corrected chi connectivity index (χ3v) is 2.97. The lowest BCUT2D eigenvalue weighted by atomic mass is 10.2. The van der Waals surface area contributed by atoms with Gasteiger partial charge in [0, 0.05) is 24.8 Å². The lowest BCUT2D eigenvalue weighted by Gasteiger charge is -1.98. The fourth-order valence-corrected chi connectivity index (χ4v) is 1.77. The van der Waals surface area contributed by atoms with Gasteiger partial charge in [0.2, 0.25) is 0 Å². The molecule has 1 aromatic rings. The van der Waals surface area contributed by atoms with Gasteiger partial charge in [-0.1, -0.05) is 35.5 Å². The molecule has 0 radical (unpaired) electrons. The van der Waals surface area contributed by atoms with E-state index in [1.807, 2.05) is 0 Å². The number of nitro benzene ring substituents is 1. The summed E-state index contributed by atoms with van der Waals surface area (Å²) < 4.78 is 0. The van der Waals surface area contributed by atoms with Crippen LogP contribution >= 0.6 is 23.4 Å². The summed E-state index contributed by atoms with van der Waals surface area (Å²) in [5.74, 6) is 0.558. The zero-order valence-electron chi connectivity index (χ0n) is 9.05. The highest BCUT2D eigenvalue weighted by atomic mass is 35.5. The second-order valence-corrected chi connectivity index (χ2v) is 4.77. The fraction of sp³-hybridized carbons (Fsp3) is 0.182. The van der Waals surface area contributed by atoms with Gasteiger partial charge in [0.05, 0.1) is 9.95 Å². The largest absolute Gasteiger partial charge is 0.288 e. The van der Waals surface area contributed by atoms with E-state index in [0.717, 1.165) is 0 Å². The number of halogens is 1. The van der Waals surface area contributed by atoms with Crippen LogP contribution in [0.2, 0.25) is 5.02 Å². The van der Waals surface area contributed by atoms with Crippen molar-refractivity contribution < 1.29 is 9.72 Å². The second-order valence-electron chi connectivity index (χ2n) is 3.17. The predicted octanol–water partition coefficient (Wildman–Crippen LogP) is 3.54. The molecule has 1 aromatic carbocycles. The van der Waals surface area contributed by atoms with E-state index in [-0.39, 0.29) is 10.8 Å². The first-order chi connectivity index (χ1) is 8.00. The molecular formula is C11H10ClNO3S. The minimum absolute atomic E-state index is 0.0368. The molecular weight excluding hydrogens is 262 g/mol. The number of thioether (sulfide) groups is 1. The van der Waals surface area contributed by atoms with E-state index < -0.39 is 4.92 Å². The monoisotopic (exact) mass is 271 g/mol. The quantitative estimate of drug-likeness (QED) is 0.621. The second kappa shape index (κ2) is 6.42. The van der Waals surface area contributed by atoms with E-state index in [9.17, 15) is 14.9 Å². The topological polar surface area (TPSA) is 60.2 Å². The lowest BCUT2D eigenvalue weighted by Crippen LogP contribution is -1.88. The molecule has 0 aliphatic heterocycles. The summed E-state index contributed by atoms with van der Waals surface area (Å²) in [7, 11) is 0. The molecule has 90 valence electrons. The summed E-state index contributed by atoms with van der Waals surface area (Å²) in [6.45, 7) is 1.50. The highest BCUT2D eigenvalue weighted by molar-refractivity contribution is 8.13. The van der Waals surface area contributed by atoms with Crippen LogP contribution in [0.4, 0.5) is 5.69 Å². The molecule has 0 N–H and O–H groups in total. The van der Waals surface area contributed by atoms with Gasteiger partial charge in [-0.3, -0.25) is 14.9 Å². The number of carbonyl (C=O) groups is 1. The Morgan fingerprint density at radius 1 is 1.59 bits per heavy atom.